The standard InChI is InChI=1S/C18H21FN2O3S2/c1-13(14-6-8-16(19)9-7-14)20-18(22)15-4-2-10-21(12-15)26(23,24)17-5-3-11-25-17/h3,5-9,11,13,15H,2,4,10,12H2,1H3,(H,20,22)/t13-,15+/m0/s1. The van der Waals surface area contributed by atoms with Crippen molar-refractivity contribution in [1.82, 2.24) is 9.62 Å². The van der Waals surface area contributed by atoms with Crippen molar-refractivity contribution in [2.45, 2.75) is 30.0 Å². The zero-order chi connectivity index (χ0) is 18.7. The zero-order valence-electron chi connectivity index (χ0n) is 14.4. The average molecular weight is 397 g/mol. The van der Waals surface area contributed by atoms with Crippen LogP contribution < -0.4 is 5.32 Å². The predicted molar refractivity (Wildman–Crippen MR) is 98.8 cm³/mol. The van der Waals surface area contributed by atoms with Gasteiger partial charge in [0.2, 0.25) is 5.91 Å². The fraction of sp³-hybridized carbons (Fsp3) is 0.389. The first-order valence-electron chi connectivity index (χ1n) is 8.47. The molecule has 1 fully saturated rings. The number of rotatable bonds is 5. The van der Waals surface area contributed by atoms with Crippen LogP contribution in [0.3, 0.4) is 0 Å². The van der Waals surface area contributed by atoms with E-state index >= 15 is 0 Å². The van der Waals surface area contributed by atoms with Crippen LogP contribution in [0.1, 0.15) is 31.4 Å². The van der Waals surface area contributed by atoms with Crippen molar-refractivity contribution in [2.24, 2.45) is 5.92 Å². The number of sulfonamides is 1. The van der Waals surface area contributed by atoms with Crippen LogP contribution in [0.15, 0.2) is 46.0 Å². The minimum atomic E-state index is -3.54. The van der Waals surface area contributed by atoms with Crippen molar-refractivity contribution in [1.29, 1.82) is 0 Å². The number of nitrogens with one attached hydrogen (secondary N) is 1. The molecule has 1 aliphatic rings. The minimum Gasteiger partial charge on any atom is -0.349 e. The van der Waals surface area contributed by atoms with Crippen molar-refractivity contribution < 1.29 is 17.6 Å². The number of benzene rings is 1. The second-order valence-electron chi connectivity index (χ2n) is 6.42. The third-order valence-electron chi connectivity index (χ3n) is 4.57. The van der Waals surface area contributed by atoms with Gasteiger partial charge in [0.1, 0.15) is 10.0 Å². The van der Waals surface area contributed by atoms with Crippen molar-refractivity contribution in [2.75, 3.05) is 13.1 Å². The Balaban J connectivity index is 1.65. The summed E-state index contributed by atoms with van der Waals surface area (Å²) < 4.78 is 40.1. The van der Waals surface area contributed by atoms with Gasteiger partial charge in [-0.3, -0.25) is 4.79 Å². The molecule has 2 atom stereocenters. The van der Waals surface area contributed by atoms with E-state index in [2.05, 4.69) is 5.32 Å². The molecule has 3 rings (SSSR count). The molecule has 1 saturated heterocycles. The van der Waals surface area contributed by atoms with Crippen LogP contribution in [0.5, 0.6) is 0 Å². The Hall–Kier alpha value is -1.77. The summed E-state index contributed by atoms with van der Waals surface area (Å²) in [5.74, 6) is -0.886. The summed E-state index contributed by atoms with van der Waals surface area (Å²) >= 11 is 1.18. The second kappa shape index (κ2) is 7.85. The number of carbonyl (C=O) groups is 1. The molecule has 1 aliphatic heterocycles. The van der Waals surface area contributed by atoms with E-state index in [4.69, 9.17) is 0 Å². The first-order valence-corrected chi connectivity index (χ1v) is 10.8. The molecule has 1 aromatic heterocycles. The SMILES string of the molecule is C[C@H](NC(=O)[C@@H]1CCCN(S(=O)(=O)c2cccs2)C1)c1ccc(F)cc1. The van der Waals surface area contributed by atoms with E-state index in [0.717, 1.165) is 5.56 Å². The Bertz CT molecular complexity index is 851. The Labute approximate surface area is 156 Å². The second-order valence-corrected chi connectivity index (χ2v) is 9.53. The van der Waals surface area contributed by atoms with Gasteiger partial charge in [0, 0.05) is 13.1 Å². The molecule has 1 N–H and O–H groups in total. The molecule has 0 radical (unpaired) electrons. The number of hydrogen-bond acceptors (Lipinski definition) is 4. The molecule has 140 valence electrons. The van der Waals surface area contributed by atoms with Gasteiger partial charge < -0.3 is 5.32 Å². The summed E-state index contributed by atoms with van der Waals surface area (Å²) in [6, 6.07) is 8.99. The quantitative estimate of drug-likeness (QED) is 0.844. The van der Waals surface area contributed by atoms with Gasteiger partial charge in [0.15, 0.2) is 0 Å². The number of carbonyl (C=O) groups excluding carboxylic acids is 1. The maximum atomic E-state index is 13.0. The van der Waals surface area contributed by atoms with Crippen LogP contribution in [0.25, 0.3) is 0 Å². The number of piperidine rings is 1. The topological polar surface area (TPSA) is 66.5 Å². The van der Waals surface area contributed by atoms with E-state index in [1.54, 1.807) is 29.6 Å². The first kappa shape index (κ1) is 19.0. The third-order valence-corrected chi connectivity index (χ3v) is 7.81. The Morgan fingerprint density at radius 1 is 1.31 bits per heavy atom. The Morgan fingerprint density at radius 2 is 2.04 bits per heavy atom. The third kappa shape index (κ3) is 4.13. The van der Waals surface area contributed by atoms with E-state index in [1.807, 2.05) is 6.92 Å². The molecule has 1 amide bonds. The van der Waals surface area contributed by atoms with Gasteiger partial charge in [-0.2, -0.15) is 4.31 Å². The summed E-state index contributed by atoms with van der Waals surface area (Å²) in [6.07, 6.45) is 1.30. The van der Waals surface area contributed by atoms with Gasteiger partial charge in [-0.15, -0.1) is 11.3 Å². The number of hydrogen-bond donors (Lipinski definition) is 1. The molecule has 2 heterocycles. The van der Waals surface area contributed by atoms with Gasteiger partial charge >= 0.3 is 0 Å². The van der Waals surface area contributed by atoms with Gasteiger partial charge in [0.05, 0.1) is 12.0 Å². The summed E-state index contributed by atoms with van der Waals surface area (Å²) in [5, 5.41) is 4.64. The van der Waals surface area contributed by atoms with Crippen molar-refractivity contribution in [3.63, 3.8) is 0 Å². The van der Waals surface area contributed by atoms with Crippen molar-refractivity contribution >= 4 is 27.3 Å². The van der Waals surface area contributed by atoms with Crippen LogP contribution in [-0.2, 0) is 14.8 Å². The normalized spacial score (nSPS) is 19.8. The molecule has 0 bridgehead atoms. The Kier molecular flexibility index (Phi) is 5.74. The van der Waals surface area contributed by atoms with E-state index in [-0.39, 0.29) is 30.2 Å². The van der Waals surface area contributed by atoms with Crippen molar-refractivity contribution in [3.8, 4) is 0 Å². The lowest BCUT2D eigenvalue weighted by molar-refractivity contribution is -0.126. The van der Waals surface area contributed by atoms with E-state index in [9.17, 15) is 17.6 Å². The maximum absolute atomic E-state index is 13.0. The molecule has 26 heavy (non-hydrogen) atoms. The largest absolute Gasteiger partial charge is 0.349 e. The van der Waals surface area contributed by atoms with E-state index in [1.165, 1.54) is 27.8 Å². The van der Waals surface area contributed by atoms with Crippen LogP contribution in [0.4, 0.5) is 4.39 Å². The monoisotopic (exact) mass is 396 g/mol. The first-order chi connectivity index (χ1) is 12.4. The molecular formula is C18H21FN2O3S2. The highest BCUT2D eigenvalue weighted by molar-refractivity contribution is 7.91. The molecule has 1 aromatic carbocycles. The summed E-state index contributed by atoms with van der Waals surface area (Å²) in [5.41, 5.74) is 0.804. The smallest absolute Gasteiger partial charge is 0.252 e. The highest BCUT2D eigenvalue weighted by Crippen LogP contribution is 2.27. The molecule has 0 spiro atoms. The van der Waals surface area contributed by atoms with E-state index < -0.39 is 10.0 Å². The average Bonchev–Trinajstić information content (AvgIpc) is 3.18. The van der Waals surface area contributed by atoms with Crippen LogP contribution in [0.2, 0.25) is 0 Å². The molecule has 0 unspecified atom stereocenters. The minimum absolute atomic E-state index is 0.173. The zero-order valence-corrected chi connectivity index (χ0v) is 16.0. The van der Waals surface area contributed by atoms with Gasteiger partial charge in [0.25, 0.3) is 10.0 Å². The summed E-state index contributed by atoms with van der Waals surface area (Å²) in [6.45, 7) is 2.44. The van der Waals surface area contributed by atoms with Gasteiger partial charge in [-0.05, 0) is 48.9 Å². The lowest BCUT2D eigenvalue weighted by Crippen LogP contribution is -2.45. The number of amides is 1. The molecule has 2 aromatic rings. The van der Waals surface area contributed by atoms with Crippen LogP contribution in [-0.4, -0.2) is 31.7 Å². The summed E-state index contributed by atoms with van der Waals surface area (Å²) in [4.78, 5) is 12.6. The fourth-order valence-corrected chi connectivity index (χ4v) is 5.75. The number of halogens is 1. The molecule has 5 nitrogen and oxygen atoms in total. The maximum Gasteiger partial charge on any atom is 0.252 e. The summed E-state index contributed by atoms with van der Waals surface area (Å²) in [7, 11) is -3.54. The molecule has 0 aliphatic carbocycles. The van der Waals surface area contributed by atoms with Gasteiger partial charge in [-0.1, -0.05) is 18.2 Å². The highest BCUT2D eigenvalue weighted by Gasteiger charge is 2.34. The number of nitrogens with zero attached hydrogens (tertiary/aromatic N) is 1. The molecule has 0 saturated carbocycles. The van der Waals surface area contributed by atoms with Gasteiger partial charge in [-0.25, -0.2) is 12.8 Å². The van der Waals surface area contributed by atoms with E-state index in [0.29, 0.717) is 23.6 Å². The Morgan fingerprint density at radius 3 is 2.69 bits per heavy atom. The fourth-order valence-electron chi connectivity index (χ4n) is 3.08. The van der Waals surface area contributed by atoms with Crippen LogP contribution >= 0.6 is 11.3 Å². The van der Waals surface area contributed by atoms with Crippen LogP contribution in [0, 0.1) is 11.7 Å². The highest BCUT2D eigenvalue weighted by atomic mass is 32.2. The lowest BCUT2D eigenvalue weighted by Gasteiger charge is -2.31. The molecular weight excluding hydrogens is 375 g/mol. The van der Waals surface area contributed by atoms with Crippen molar-refractivity contribution in [3.05, 3.63) is 53.2 Å². The molecule has 8 heteroatoms. The lowest BCUT2D eigenvalue weighted by atomic mass is 9.98. The predicted octanol–water partition coefficient (Wildman–Crippen LogP) is 3.17. The number of thiophene rings is 1.